The van der Waals surface area contributed by atoms with E-state index in [2.05, 4.69) is 120 Å². The summed E-state index contributed by atoms with van der Waals surface area (Å²) >= 11 is 0. The van der Waals surface area contributed by atoms with Crippen molar-refractivity contribution >= 4 is 50.0 Å². The van der Waals surface area contributed by atoms with E-state index < -0.39 is 0 Å². The minimum absolute atomic E-state index is 0.572. The van der Waals surface area contributed by atoms with E-state index in [9.17, 15) is 0 Å². The molecule has 11 rings (SSSR count). The number of furan rings is 1. The number of rotatable bonds is 3. The summed E-state index contributed by atoms with van der Waals surface area (Å²) in [5.74, 6) is 1.81. The Balaban J connectivity index is 1.24. The quantitative estimate of drug-likeness (QED) is 0.195. The van der Waals surface area contributed by atoms with Crippen LogP contribution in [0.3, 0.4) is 0 Å². The van der Waals surface area contributed by atoms with Gasteiger partial charge in [0.2, 0.25) is 5.95 Å². The molecule has 0 N–H and O–H groups in total. The van der Waals surface area contributed by atoms with Gasteiger partial charge in [-0.3, -0.25) is 4.90 Å². The number of hydrogen-bond acceptors (Lipinski definition) is 5. The van der Waals surface area contributed by atoms with Crippen LogP contribution in [0, 0.1) is 0 Å². The molecule has 2 aromatic heterocycles. The molecule has 7 aromatic carbocycles. The molecule has 0 spiro atoms. The normalized spacial score (nSPS) is 12.8. The molecule has 0 unspecified atom stereocenters. The van der Waals surface area contributed by atoms with Crippen LogP contribution in [0.1, 0.15) is 11.1 Å². The minimum atomic E-state index is 0.572. The molecule has 3 heterocycles. The van der Waals surface area contributed by atoms with E-state index in [1.807, 2.05) is 30.3 Å². The Morgan fingerprint density at radius 1 is 0.449 bits per heavy atom. The molecule has 49 heavy (non-hydrogen) atoms. The molecule has 1 aliphatic heterocycles. The summed E-state index contributed by atoms with van der Waals surface area (Å²) in [4.78, 5) is 18.2. The first kappa shape index (κ1) is 26.5. The van der Waals surface area contributed by atoms with Crippen LogP contribution in [0.25, 0.3) is 77.7 Å². The van der Waals surface area contributed by atoms with E-state index in [0.717, 1.165) is 56.4 Å². The maximum Gasteiger partial charge on any atom is 0.238 e. The largest absolute Gasteiger partial charge is 0.456 e. The fraction of sp³-hybridized carbons (Fsp3) is 0.0227. The highest BCUT2D eigenvalue weighted by Gasteiger charge is 2.30. The van der Waals surface area contributed by atoms with Crippen molar-refractivity contribution in [3.8, 4) is 45.0 Å². The van der Waals surface area contributed by atoms with Crippen molar-refractivity contribution < 1.29 is 4.42 Å². The van der Waals surface area contributed by atoms with Crippen LogP contribution in [-0.4, -0.2) is 15.0 Å². The maximum atomic E-state index is 6.32. The molecule has 5 nitrogen and oxygen atoms in total. The standard InChI is InChI=1S/C44H26N4O/c1-2-15-29-27(11-1)25-28-14-8-19-33(39(28)29)42-45-43(34-20-10-24-38-41(34)32-17-4-6-23-37(32)49-38)47-44(46-42)48-35-21-5-3-16-30(35)31-18-7-12-26-13-9-22-36(48)40(26)31/h1-24H,25H2. The molecule has 0 bridgehead atoms. The molecular formula is C44H26N4O. The van der Waals surface area contributed by atoms with Crippen molar-refractivity contribution in [1.82, 2.24) is 15.0 Å². The molecule has 0 fully saturated rings. The van der Waals surface area contributed by atoms with E-state index in [1.54, 1.807) is 0 Å². The number of nitrogens with zero attached hydrogens (tertiary/aromatic N) is 4. The van der Waals surface area contributed by atoms with Gasteiger partial charge in [0.15, 0.2) is 11.6 Å². The van der Waals surface area contributed by atoms with Crippen molar-refractivity contribution in [2.45, 2.75) is 6.42 Å². The lowest BCUT2D eigenvalue weighted by molar-refractivity contribution is 0.669. The van der Waals surface area contributed by atoms with Crippen molar-refractivity contribution in [3.05, 3.63) is 157 Å². The van der Waals surface area contributed by atoms with Crippen molar-refractivity contribution in [1.29, 1.82) is 0 Å². The lowest BCUT2D eigenvalue weighted by Crippen LogP contribution is -2.18. The van der Waals surface area contributed by atoms with Gasteiger partial charge in [0.05, 0.1) is 11.4 Å². The molecule has 0 saturated carbocycles. The maximum absolute atomic E-state index is 6.32. The second-order valence-electron chi connectivity index (χ2n) is 12.8. The summed E-state index contributed by atoms with van der Waals surface area (Å²) in [6, 6.07) is 51.0. The average molecular weight is 627 g/mol. The van der Waals surface area contributed by atoms with Crippen molar-refractivity contribution in [2.75, 3.05) is 4.90 Å². The summed E-state index contributed by atoms with van der Waals surface area (Å²) < 4.78 is 6.32. The number of fused-ring (bicyclic) bond motifs is 8. The van der Waals surface area contributed by atoms with Crippen LogP contribution in [0.15, 0.2) is 150 Å². The van der Waals surface area contributed by atoms with Crippen LogP contribution in [-0.2, 0) is 6.42 Å². The molecule has 0 atom stereocenters. The first-order valence-electron chi connectivity index (χ1n) is 16.6. The summed E-state index contributed by atoms with van der Waals surface area (Å²) in [6.45, 7) is 0. The van der Waals surface area contributed by atoms with Gasteiger partial charge in [-0.25, -0.2) is 4.98 Å². The van der Waals surface area contributed by atoms with Gasteiger partial charge in [-0.15, -0.1) is 0 Å². The minimum Gasteiger partial charge on any atom is -0.456 e. The lowest BCUT2D eigenvalue weighted by atomic mass is 9.91. The molecule has 0 amide bonds. The zero-order valence-electron chi connectivity index (χ0n) is 26.3. The summed E-state index contributed by atoms with van der Waals surface area (Å²) in [6.07, 6.45) is 0.892. The zero-order chi connectivity index (χ0) is 32.1. The Morgan fingerprint density at radius 3 is 2.02 bits per heavy atom. The number of para-hydroxylation sites is 2. The molecule has 9 aromatic rings. The molecule has 0 radical (unpaired) electrons. The Morgan fingerprint density at radius 2 is 1.08 bits per heavy atom. The first-order chi connectivity index (χ1) is 24.3. The van der Waals surface area contributed by atoms with Gasteiger partial charge >= 0.3 is 0 Å². The number of hydrogen-bond donors (Lipinski definition) is 0. The van der Waals surface area contributed by atoms with Gasteiger partial charge in [0.1, 0.15) is 11.2 Å². The number of anilines is 3. The van der Waals surface area contributed by atoms with E-state index in [4.69, 9.17) is 19.4 Å². The highest BCUT2D eigenvalue weighted by atomic mass is 16.3. The van der Waals surface area contributed by atoms with E-state index in [0.29, 0.717) is 17.6 Å². The Labute approximate surface area is 281 Å². The van der Waals surface area contributed by atoms with Crippen molar-refractivity contribution in [3.63, 3.8) is 0 Å². The van der Waals surface area contributed by atoms with Crippen LogP contribution >= 0.6 is 0 Å². The third-order valence-corrected chi connectivity index (χ3v) is 10.1. The molecular weight excluding hydrogens is 601 g/mol. The average Bonchev–Trinajstić information content (AvgIpc) is 3.74. The number of benzene rings is 7. The topological polar surface area (TPSA) is 55.1 Å². The van der Waals surface area contributed by atoms with E-state index in [1.165, 1.54) is 38.6 Å². The predicted octanol–water partition coefficient (Wildman–Crippen LogP) is 11.3. The predicted molar refractivity (Wildman–Crippen MR) is 197 cm³/mol. The van der Waals surface area contributed by atoms with Gasteiger partial charge in [-0.1, -0.05) is 121 Å². The summed E-state index contributed by atoms with van der Waals surface area (Å²) in [5, 5.41) is 4.39. The van der Waals surface area contributed by atoms with Crippen LogP contribution < -0.4 is 4.90 Å². The third kappa shape index (κ3) is 3.78. The van der Waals surface area contributed by atoms with Gasteiger partial charge in [-0.2, -0.15) is 9.97 Å². The van der Waals surface area contributed by atoms with Crippen molar-refractivity contribution in [2.24, 2.45) is 0 Å². The van der Waals surface area contributed by atoms with Crippen LogP contribution in [0.5, 0.6) is 0 Å². The monoisotopic (exact) mass is 626 g/mol. The highest BCUT2D eigenvalue weighted by Crippen LogP contribution is 2.51. The number of aromatic nitrogens is 3. The van der Waals surface area contributed by atoms with E-state index >= 15 is 0 Å². The molecule has 0 saturated heterocycles. The van der Waals surface area contributed by atoms with Crippen LogP contribution in [0.2, 0.25) is 0 Å². The second-order valence-corrected chi connectivity index (χ2v) is 12.8. The second kappa shape index (κ2) is 9.96. The van der Waals surface area contributed by atoms with Gasteiger partial charge in [0.25, 0.3) is 0 Å². The Hall–Kier alpha value is -6.59. The Kier molecular flexibility index (Phi) is 5.38. The summed E-state index contributed by atoms with van der Waals surface area (Å²) in [5.41, 5.74) is 13.0. The Bertz CT molecular complexity index is 2830. The van der Waals surface area contributed by atoms with Gasteiger partial charge in [0, 0.05) is 32.8 Å². The SMILES string of the molecule is c1ccc2c(c1)Cc1cccc(-c3nc(-c4cccc5oc6ccccc6c45)nc(N4c5ccccc5-c5cccc6cccc4c56)n3)c1-2. The van der Waals surface area contributed by atoms with E-state index in [-0.39, 0.29) is 0 Å². The van der Waals surface area contributed by atoms with Gasteiger partial charge in [-0.05, 0) is 63.9 Å². The van der Waals surface area contributed by atoms with Crippen LogP contribution in [0.4, 0.5) is 17.3 Å². The smallest absolute Gasteiger partial charge is 0.238 e. The summed E-state index contributed by atoms with van der Waals surface area (Å²) in [7, 11) is 0. The molecule has 5 heteroatoms. The zero-order valence-corrected chi connectivity index (χ0v) is 26.3. The third-order valence-electron chi connectivity index (χ3n) is 10.1. The molecule has 228 valence electrons. The fourth-order valence-corrected chi connectivity index (χ4v) is 8.02. The fourth-order valence-electron chi connectivity index (χ4n) is 8.02. The molecule has 2 aliphatic rings. The lowest BCUT2D eigenvalue weighted by Gasteiger charge is -2.32. The first-order valence-corrected chi connectivity index (χ1v) is 16.6. The highest BCUT2D eigenvalue weighted by molar-refractivity contribution is 6.14. The molecule has 1 aliphatic carbocycles. The van der Waals surface area contributed by atoms with Gasteiger partial charge < -0.3 is 4.42 Å².